The van der Waals surface area contributed by atoms with Crippen LogP contribution in [-0.4, -0.2) is 30.1 Å². The highest BCUT2D eigenvalue weighted by atomic mass is 79.9. The number of hydrogen-bond donors (Lipinski definition) is 1. The van der Waals surface area contributed by atoms with E-state index in [0.717, 1.165) is 4.47 Å². The molecule has 0 saturated carbocycles. The summed E-state index contributed by atoms with van der Waals surface area (Å²) < 4.78 is 0.931. The van der Waals surface area contributed by atoms with Crippen LogP contribution in [0, 0.1) is 0 Å². The summed E-state index contributed by atoms with van der Waals surface area (Å²) in [6.45, 7) is 0. The van der Waals surface area contributed by atoms with Crippen LogP contribution in [0.3, 0.4) is 0 Å². The van der Waals surface area contributed by atoms with Crippen molar-refractivity contribution in [2.75, 3.05) is 14.1 Å². The Kier molecular flexibility index (Phi) is 3.91. The minimum Gasteiger partial charge on any atom is -0.478 e. The maximum Gasteiger partial charge on any atom is 0.337 e. The minimum atomic E-state index is -0.925. The molecule has 0 radical (unpaired) electrons. The van der Waals surface area contributed by atoms with Crippen LogP contribution >= 0.6 is 15.9 Å². The summed E-state index contributed by atoms with van der Waals surface area (Å²) in [5.74, 6) is -0.925. The molecule has 0 amide bonds. The molecule has 15 heavy (non-hydrogen) atoms. The first kappa shape index (κ1) is 11.8. The predicted molar refractivity (Wildman–Crippen MR) is 63.4 cm³/mol. The zero-order valence-electron chi connectivity index (χ0n) is 8.57. The number of carboxylic acids is 1. The largest absolute Gasteiger partial charge is 0.478 e. The van der Waals surface area contributed by atoms with E-state index < -0.39 is 5.97 Å². The van der Waals surface area contributed by atoms with Crippen LogP contribution in [0.4, 0.5) is 0 Å². The van der Waals surface area contributed by atoms with E-state index in [-0.39, 0.29) is 5.57 Å². The standard InChI is InChI=1S/C11H12BrNO2/c1-13(2)7-10(11(14)15)8-3-5-9(12)6-4-8/h3-7H,1-2H3,(H,14,15). The molecule has 0 saturated heterocycles. The second-order valence-electron chi connectivity index (χ2n) is 3.32. The van der Waals surface area contributed by atoms with Crippen molar-refractivity contribution in [2.24, 2.45) is 0 Å². The number of halogens is 1. The summed E-state index contributed by atoms with van der Waals surface area (Å²) in [6, 6.07) is 7.19. The lowest BCUT2D eigenvalue weighted by molar-refractivity contribution is -0.130. The number of carbonyl (C=O) groups is 1. The van der Waals surface area contributed by atoms with Gasteiger partial charge >= 0.3 is 5.97 Å². The van der Waals surface area contributed by atoms with Gasteiger partial charge in [0.25, 0.3) is 0 Å². The molecule has 1 aromatic rings. The Hall–Kier alpha value is -1.29. The van der Waals surface area contributed by atoms with E-state index in [4.69, 9.17) is 5.11 Å². The molecule has 0 aromatic heterocycles. The van der Waals surface area contributed by atoms with Crippen LogP contribution in [0.15, 0.2) is 34.9 Å². The molecule has 80 valence electrons. The first-order chi connectivity index (χ1) is 7.00. The molecule has 4 heteroatoms. The van der Waals surface area contributed by atoms with Gasteiger partial charge in [0.1, 0.15) is 0 Å². The number of carboxylic acid groups (broad SMARTS) is 1. The molecule has 0 aliphatic rings. The summed E-state index contributed by atoms with van der Waals surface area (Å²) in [5, 5.41) is 9.04. The Labute approximate surface area is 97.1 Å². The van der Waals surface area contributed by atoms with E-state index in [1.165, 1.54) is 0 Å². The second kappa shape index (κ2) is 4.98. The molecule has 0 heterocycles. The van der Waals surface area contributed by atoms with Crippen molar-refractivity contribution in [3.8, 4) is 0 Å². The molecule has 0 aliphatic heterocycles. The highest BCUT2D eigenvalue weighted by Crippen LogP contribution is 2.18. The van der Waals surface area contributed by atoms with Gasteiger partial charge < -0.3 is 10.0 Å². The van der Waals surface area contributed by atoms with E-state index in [0.29, 0.717) is 5.56 Å². The number of aliphatic carboxylic acids is 1. The van der Waals surface area contributed by atoms with Gasteiger partial charge in [0.15, 0.2) is 0 Å². The number of nitrogens with zero attached hydrogens (tertiary/aromatic N) is 1. The zero-order valence-corrected chi connectivity index (χ0v) is 10.2. The van der Waals surface area contributed by atoms with Gasteiger partial charge in [-0.05, 0) is 17.7 Å². The highest BCUT2D eigenvalue weighted by Gasteiger charge is 2.10. The molecule has 3 nitrogen and oxygen atoms in total. The SMILES string of the molecule is CN(C)C=C(C(=O)O)c1ccc(Br)cc1. The average Bonchev–Trinajstić information content (AvgIpc) is 2.15. The quantitative estimate of drug-likeness (QED) is 0.857. The molecule has 1 aromatic carbocycles. The van der Waals surface area contributed by atoms with E-state index in [9.17, 15) is 4.79 Å². The Morgan fingerprint density at radius 3 is 2.27 bits per heavy atom. The summed E-state index contributed by atoms with van der Waals surface area (Å²) in [7, 11) is 3.59. The van der Waals surface area contributed by atoms with Crippen molar-refractivity contribution in [1.82, 2.24) is 4.90 Å². The molecule has 0 spiro atoms. The van der Waals surface area contributed by atoms with Gasteiger partial charge in [0.05, 0.1) is 5.57 Å². The zero-order chi connectivity index (χ0) is 11.4. The van der Waals surface area contributed by atoms with Gasteiger partial charge in [-0.3, -0.25) is 0 Å². The fourth-order valence-corrected chi connectivity index (χ4v) is 1.41. The fourth-order valence-electron chi connectivity index (χ4n) is 1.14. The van der Waals surface area contributed by atoms with Crippen LogP contribution < -0.4 is 0 Å². The van der Waals surface area contributed by atoms with Crippen molar-refractivity contribution >= 4 is 27.5 Å². The summed E-state index contributed by atoms with van der Waals surface area (Å²) in [6.07, 6.45) is 1.59. The average molecular weight is 270 g/mol. The first-order valence-corrected chi connectivity index (χ1v) is 5.17. The Bertz CT molecular complexity index is 382. The highest BCUT2D eigenvalue weighted by molar-refractivity contribution is 9.10. The van der Waals surface area contributed by atoms with Crippen molar-refractivity contribution in [2.45, 2.75) is 0 Å². The lowest BCUT2D eigenvalue weighted by atomic mass is 10.1. The number of rotatable bonds is 3. The Balaban J connectivity index is 3.11. The molecule has 1 rings (SSSR count). The molecule has 0 bridgehead atoms. The van der Waals surface area contributed by atoms with Crippen molar-refractivity contribution in [3.63, 3.8) is 0 Å². The van der Waals surface area contributed by atoms with Crippen LogP contribution in [0.1, 0.15) is 5.56 Å². The van der Waals surface area contributed by atoms with Crippen LogP contribution in [0.5, 0.6) is 0 Å². The van der Waals surface area contributed by atoms with E-state index in [2.05, 4.69) is 15.9 Å². The molecular formula is C11H12BrNO2. The third kappa shape index (κ3) is 3.40. The maximum absolute atomic E-state index is 11.0. The maximum atomic E-state index is 11.0. The predicted octanol–water partition coefficient (Wildman–Crippen LogP) is 2.44. The number of benzene rings is 1. The minimum absolute atomic E-state index is 0.285. The Morgan fingerprint density at radius 2 is 1.87 bits per heavy atom. The van der Waals surface area contributed by atoms with Crippen molar-refractivity contribution in [1.29, 1.82) is 0 Å². The van der Waals surface area contributed by atoms with Crippen LogP contribution in [-0.2, 0) is 4.79 Å². The monoisotopic (exact) mass is 269 g/mol. The first-order valence-electron chi connectivity index (χ1n) is 4.38. The summed E-state index contributed by atoms with van der Waals surface area (Å²) >= 11 is 3.31. The molecule has 1 N–H and O–H groups in total. The van der Waals surface area contributed by atoms with E-state index >= 15 is 0 Å². The van der Waals surface area contributed by atoms with Crippen LogP contribution in [0.2, 0.25) is 0 Å². The van der Waals surface area contributed by atoms with Crippen LogP contribution in [0.25, 0.3) is 5.57 Å². The molecule has 0 unspecified atom stereocenters. The normalized spacial score (nSPS) is 11.3. The third-order valence-electron chi connectivity index (χ3n) is 1.77. The van der Waals surface area contributed by atoms with E-state index in [1.807, 2.05) is 12.1 Å². The Morgan fingerprint density at radius 1 is 1.33 bits per heavy atom. The smallest absolute Gasteiger partial charge is 0.337 e. The van der Waals surface area contributed by atoms with Gasteiger partial charge in [-0.15, -0.1) is 0 Å². The number of hydrogen-bond acceptors (Lipinski definition) is 2. The molecule has 0 aliphatic carbocycles. The van der Waals surface area contributed by atoms with Gasteiger partial charge in [-0.25, -0.2) is 4.79 Å². The lowest BCUT2D eigenvalue weighted by Gasteiger charge is -2.08. The fraction of sp³-hybridized carbons (Fsp3) is 0.182. The lowest BCUT2D eigenvalue weighted by Crippen LogP contribution is -2.08. The molecular weight excluding hydrogens is 258 g/mol. The van der Waals surface area contributed by atoms with Gasteiger partial charge in [-0.1, -0.05) is 28.1 Å². The van der Waals surface area contributed by atoms with Crippen molar-refractivity contribution < 1.29 is 9.90 Å². The van der Waals surface area contributed by atoms with E-state index in [1.54, 1.807) is 37.3 Å². The van der Waals surface area contributed by atoms with Crippen molar-refractivity contribution in [3.05, 3.63) is 40.5 Å². The molecule has 0 atom stereocenters. The topological polar surface area (TPSA) is 40.5 Å². The summed E-state index contributed by atoms with van der Waals surface area (Å²) in [4.78, 5) is 12.7. The van der Waals surface area contributed by atoms with Gasteiger partial charge in [0, 0.05) is 24.8 Å². The summed E-state index contributed by atoms with van der Waals surface area (Å²) in [5.41, 5.74) is 0.979. The molecule has 0 fully saturated rings. The van der Waals surface area contributed by atoms with Gasteiger partial charge in [0.2, 0.25) is 0 Å². The third-order valence-corrected chi connectivity index (χ3v) is 2.30. The second-order valence-corrected chi connectivity index (χ2v) is 4.23. The van der Waals surface area contributed by atoms with Gasteiger partial charge in [-0.2, -0.15) is 0 Å².